The molecule has 160 valence electrons. The summed E-state index contributed by atoms with van der Waals surface area (Å²) in [6.45, 7) is 2.71. The molecule has 1 aliphatic rings. The lowest BCUT2D eigenvalue weighted by Gasteiger charge is -2.38. The lowest BCUT2D eigenvalue weighted by Crippen LogP contribution is -2.40. The molecule has 0 aromatic heterocycles. The first-order valence-corrected chi connectivity index (χ1v) is 10.8. The molecule has 1 atom stereocenters. The lowest BCUT2D eigenvalue weighted by molar-refractivity contribution is 0.0694. The van der Waals surface area contributed by atoms with Crippen LogP contribution in [0.3, 0.4) is 0 Å². The minimum absolute atomic E-state index is 0.00747. The number of amides is 1. The van der Waals surface area contributed by atoms with E-state index in [-0.39, 0.29) is 11.9 Å². The molecule has 1 unspecified atom stereocenters. The fraction of sp³-hybridized carbons (Fsp3) is 0.269. The highest BCUT2D eigenvalue weighted by Crippen LogP contribution is 2.42. The van der Waals surface area contributed by atoms with E-state index < -0.39 is 0 Å². The van der Waals surface area contributed by atoms with E-state index in [9.17, 15) is 4.79 Å². The minimum atomic E-state index is -0.263. The lowest BCUT2D eigenvalue weighted by atomic mass is 9.87. The van der Waals surface area contributed by atoms with Gasteiger partial charge in [-0.15, -0.1) is 0 Å². The highest BCUT2D eigenvalue weighted by Gasteiger charge is 2.34. The van der Waals surface area contributed by atoms with Crippen LogP contribution in [-0.2, 0) is 12.8 Å². The topological polar surface area (TPSA) is 38.8 Å². The maximum absolute atomic E-state index is 13.6. The second-order valence-corrected chi connectivity index (χ2v) is 8.10. The Labute approximate surface area is 188 Å². The first-order chi connectivity index (χ1) is 15.0. The molecule has 0 radical (unpaired) electrons. The van der Waals surface area contributed by atoms with Crippen molar-refractivity contribution in [1.82, 2.24) is 4.90 Å². The Balaban J connectivity index is 1.82. The van der Waals surface area contributed by atoms with E-state index in [1.54, 1.807) is 14.2 Å². The van der Waals surface area contributed by atoms with Gasteiger partial charge in [0, 0.05) is 17.1 Å². The molecule has 0 saturated carbocycles. The van der Waals surface area contributed by atoms with Gasteiger partial charge in [0.1, 0.15) is 0 Å². The predicted molar refractivity (Wildman–Crippen MR) is 123 cm³/mol. The SMILES string of the molecule is CCc1ccc(C(=O)N2CCc3cc(OC)c(OC)cc3C2c2cccc(Cl)c2)cc1. The van der Waals surface area contributed by atoms with E-state index in [0.717, 1.165) is 29.5 Å². The summed E-state index contributed by atoms with van der Waals surface area (Å²) in [7, 11) is 3.26. The monoisotopic (exact) mass is 435 g/mol. The molecule has 31 heavy (non-hydrogen) atoms. The molecular formula is C26H26ClNO3. The van der Waals surface area contributed by atoms with Crippen molar-refractivity contribution in [2.24, 2.45) is 0 Å². The summed E-state index contributed by atoms with van der Waals surface area (Å²) in [4.78, 5) is 15.5. The van der Waals surface area contributed by atoms with Gasteiger partial charge in [-0.1, -0.05) is 42.8 Å². The summed E-state index contributed by atoms with van der Waals surface area (Å²) >= 11 is 6.33. The molecule has 1 amide bonds. The summed E-state index contributed by atoms with van der Waals surface area (Å²) in [5.41, 5.74) is 5.05. The van der Waals surface area contributed by atoms with Gasteiger partial charge in [0.2, 0.25) is 0 Å². The second-order valence-electron chi connectivity index (χ2n) is 7.66. The van der Waals surface area contributed by atoms with Crippen LogP contribution in [0.5, 0.6) is 11.5 Å². The van der Waals surface area contributed by atoms with Crippen LogP contribution in [0.1, 0.15) is 45.6 Å². The molecule has 1 heterocycles. The van der Waals surface area contributed by atoms with Crippen LogP contribution in [0.2, 0.25) is 5.02 Å². The normalized spacial score (nSPS) is 15.4. The van der Waals surface area contributed by atoms with Gasteiger partial charge in [-0.05, 0) is 71.5 Å². The molecule has 0 fully saturated rings. The van der Waals surface area contributed by atoms with E-state index in [1.807, 2.05) is 65.6 Å². The predicted octanol–water partition coefficient (Wildman–Crippen LogP) is 5.71. The Morgan fingerprint density at radius 2 is 1.74 bits per heavy atom. The molecule has 3 aromatic rings. The molecule has 0 bridgehead atoms. The van der Waals surface area contributed by atoms with Crippen molar-refractivity contribution >= 4 is 17.5 Å². The van der Waals surface area contributed by atoms with Crippen LogP contribution in [0, 0.1) is 0 Å². The molecule has 0 aliphatic carbocycles. The number of benzene rings is 3. The number of ether oxygens (including phenoxy) is 2. The zero-order valence-electron chi connectivity index (χ0n) is 18.0. The Morgan fingerprint density at radius 1 is 1.03 bits per heavy atom. The Hall–Kier alpha value is -2.98. The van der Waals surface area contributed by atoms with Crippen molar-refractivity contribution < 1.29 is 14.3 Å². The van der Waals surface area contributed by atoms with E-state index in [0.29, 0.717) is 28.6 Å². The quantitative estimate of drug-likeness (QED) is 0.515. The van der Waals surface area contributed by atoms with Gasteiger partial charge < -0.3 is 14.4 Å². The Bertz CT molecular complexity index is 1090. The Kier molecular flexibility index (Phi) is 6.19. The standard InChI is InChI=1S/C26H26ClNO3/c1-4-17-8-10-18(11-9-17)26(29)28-13-12-19-15-23(30-2)24(31-3)16-22(19)25(28)20-6-5-7-21(27)14-20/h5-11,14-16,25H,4,12-13H2,1-3H3. The van der Waals surface area contributed by atoms with Crippen molar-refractivity contribution in [3.8, 4) is 11.5 Å². The number of hydrogen-bond acceptors (Lipinski definition) is 3. The van der Waals surface area contributed by atoms with Crippen molar-refractivity contribution in [2.75, 3.05) is 20.8 Å². The van der Waals surface area contributed by atoms with Gasteiger partial charge in [-0.3, -0.25) is 4.79 Å². The summed E-state index contributed by atoms with van der Waals surface area (Å²) < 4.78 is 11.1. The van der Waals surface area contributed by atoms with Gasteiger partial charge in [0.25, 0.3) is 5.91 Å². The first kappa shape index (κ1) is 21.3. The highest BCUT2D eigenvalue weighted by atomic mass is 35.5. The summed E-state index contributed by atoms with van der Waals surface area (Å²) in [5, 5.41) is 0.643. The number of methoxy groups -OCH3 is 2. The molecule has 0 spiro atoms. The van der Waals surface area contributed by atoms with E-state index in [2.05, 4.69) is 6.92 Å². The molecule has 0 N–H and O–H groups in total. The van der Waals surface area contributed by atoms with E-state index >= 15 is 0 Å². The van der Waals surface area contributed by atoms with Crippen molar-refractivity contribution in [3.63, 3.8) is 0 Å². The third-order valence-corrected chi connectivity index (χ3v) is 6.14. The zero-order valence-corrected chi connectivity index (χ0v) is 18.8. The first-order valence-electron chi connectivity index (χ1n) is 10.5. The maximum atomic E-state index is 13.6. The van der Waals surface area contributed by atoms with Gasteiger partial charge in [-0.2, -0.15) is 0 Å². The van der Waals surface area contributed by atoms with Crippen LogP contribution < -0.4 is 9.47 Å². The number of halogens is 1. The minimum Gasteiger partial charge on any atom is -0.493 e. The molecular weight excluding hydrogens is 410 g/mol. The van der Waals surface area contributed by atoms with E-state index in [4.69, 9.17) is 21.1 Å². The van der Waals surface area contributed by atoms with Gasteiger partial charge in [-0.25, -0.2) is 0 Å². The Morgan fingerprint density at radius 3 is 2.39 bits per heavy atom. The molecule has 4 rings (SSSR count). The third kappa shape index (κ3) is 4.13. The van der Waals surface area contributed by atoms with Crippen molar-refractivity contribution in [3.05, 3.63) is 93.5 Å². The average Bonchev–Trinajstić information content (AvgIpc) is 2.81. The number of rotatable bonds is 5. The van der Waals surface area contributed by atoms with Crippen LogP contribution in [0.25, 0.3) is 0 Å². The second kappa shape index (κ2) is 9.03. The summed E-state index contributed by atoms with van der Waals surface area (Å²) in [5.74, 6) is 1.35. The summed E-state index contributed by atoms with van der Waals surface area (Å²) in [6.07, 6.45) is 1.68. The van der Waals surface area contributed by atoms with Gasteiger partial charge in [0.15, 0.2) is 11.5 Å². The number of hydrogen-bond donors (Lipinski definition) is 0. The van der Waals surface area contributed by atoms with Crippen LogP contribution in [-0.4, -0.2) is 31.6 Å². The summed E-state index contributed by atoms with van der Waals surface area (Å²) in [6, 6.07) is 19.3. The fourth-order valence-electron chi connectivity index (χ4n) is 4.25. The van der Waals surface area contributed by atoms with Crippen LogP contribution >= 0.6 is 11.6 Å². The molecule has 3 aromatic carbocycles. The number of aryl methyl sites for hydroxylation is 1. The van der Waals surface area contributed by atoms with Gasteiger partial charge >= 0.3 is 0 Å². The number of carbonyl (C=O) groups excluding carboxylic acids is 1. The average molecular weight is 436 g/mol. The fourth-order valence-corrected chi connectivity index (χ4v) is 4.45. The number of nitrogens with zero attached hydrogens (tertiary/aromatic N) is 1. The highest BCUT2D eigenvalue weighted by molar-refractivity contribution is 6.30. The van der Waals surface area contributed by atoms with Crippen molar-refractivity contribution in [2.45, 2.75) is 25.8 Å². The number of fused-ring (bicyclic) bond motifs is 1. The van der Waals surface area contributed by atoms with Crippen LogP contribution in [0.15, 0.2) is 60.7 Å². The third-order valence-electron chi connectivity index (χ3n) is 5.91. The van der Waals surface area contributed by atoms with Gasteiger partial charge in [0.05, 0.1) is 20.3 Å². The molecule has 1 aliphatic heterocycles. The van der Waals surface area contributed by atoms with Crippen molar-refractivity contribution in [1.29, 1.82) is 0 Å². The number of carbonyl (C=O) groups is 1. The molecule has 5 heteroatoms. The maximum Gasteiger partial charge on any atom is 0.254 e. The molecule has 0 saturated heterocycles. The van der Waals surface area contributed by atoms with Crippen LogP contribution in [0.4, 0.5) is 0 Å². The molecule has 4 nitrogen and oxygen atoms in total. The largest absolute Gasteiger partial charge is 0.493 e. The van der Waals surface area contributed by atoms with E-state index in [1.165, 1.54) is 5.56 Å². The smallest absolute Gasteiger partial charge is 0.254 e. The zero-order chi connectivity index (χ0) is 22.0.